The summed E-state index contributed by atoms with van der Waals surface area (Å²) in [7, 11) is 1.94. The van der Waals surface area contributed by atoms with E-state index in [9.17, 15) is 4.79 Å². The molecule has 7 heteroatoms. The quantitative estimate of drug-likeness (QED) is 0.556. The molecule has 3 aromatic rings. The number of benzene rings is 1. The normalized spacial score (nSPS) is 12.1. The molecule has 0 aliphatic rings. The van der Waals surface area contributed by atoms with E-state index >= 15 is 0 Å². The van der Waals surface area contributed by atoms with E-state index in [1.165, 1.54) is 22.2 Å². The Kier molecular flexibility index (Phi) is 6.68. The average molecular weight is 401 g/mol. The summed E-state index contributed by atoms with van der Waals surface area (Å²) in [5, 5.41) is 14.2. The number of aromatic nitrogens is 3. The number of thioether (sulfide) groups is 1. The fourth-order valence-electron chi connectivity index (χ4n) is 2.65. The first-order chi connectivity index (χ1) is 13.1. The molecule has 1 aromatic carbocycles. The van der Waals surface area contributed by atoms with Gasteiger partial charge in [0.05, 0.1) is 5.75 Å². The summed E-state index contributed by atoms with van der Waals surface area (Å²) in [6.45, 7) is 4.38. The molecule has 1 amide bonds. The number of hydrogen-bond acceptors (Lipinski definition) is 5. The minimum Gasteiger partial charge on any atom is -0.325 e. The van der Waals surface area contributed by atoms with Gasteiger partial charge in [-0.2, -0.15) is 0 Å². The van der Waals surface area contributed by atoms with Gasteiger partial charge in [0.15, 0.2) is 5.16 Å². The Morgan fingerprint density at radius 1 is 1.26 bits per heavy atom. The fraction of sp³-hybridized carbons (Fsp3) is 0.350. The highest BCUT2D eigenvalue weighted by molar-refractivity contribution is 7.99. The SMILES string of the molecule is CC[C@@H](C)c1ccc(NC(=O)CSc2nnc(Cc3cccs3)n2C)cc1. The van der Waals surface area contributed by atoms with Crippen LogP contribution < -0.4 is 5.32 Å². The lowest BCUT2D eigenvalue weighted by Crippen LogP contribution is -2.14. The molecule has 0 spiro atoms. The van der Waals surface area contributed by atoms with Gasteiger partial charge in [-0.05, 0) is 41.5 Å². The van der Waals surface area contributed by atoms with E-state index in [0.717, 1.165) is 29.5 Å². The van der Waals surface area contributed by atoms with Crippen LogP contribution in [-0.2, 0) is 18.3 Å². The number of nitrogens with zero attached hydrogens (tertiary/aromatic N) is 3. The minimum absolute atomic E-state index is 0.0425. The van der Waals surface area contributed by atoms with Crippen molar-refractivity contribution in [3.63, 3.8) is 0 Å². The van der Waals surface area contributed by atoms with Gasteiger partial charge in [-0.1, -0.05) is 43.8 Å². The molecular formula is C20H24N4OS2. The molecule has 3 rings (SSSR count). The highest BCUT2D eigenvalue weighted by atomic mass is 32.2. The molecule has 1 atom stereocenters. The van der Waals surface area contributed by atoms with Crippen LogP contribution in [0.25, 0.3) is 0 Å². The van der Waals surface area contributed by atoms with Crippen LogP contribution in [0.1, 0.15) is 42.5 Å². The Labute approximate surface area is 168 Å². The highest BCUT2D eigenvalue weighted by Crippen LogP contribution is 2.22. The van der Waals surface area contributed by atoms with Crippen molar-refractivity contribution in [3.05, 3.63) is 58.0 Å². The molecule has 142 valence electrons. The largest absolute Gasteiger partial charge is 0.325 e. The first-order valence-corrected chi connectivity index (χ1v) is 10.9. The summed E-state index contributed by atoms with van der Waals surface area (Å²) in [6, 6.07) is 12.2. The molecule has 2 aromatic heterocycles. The van der Waals surface area contributed by atoms with Crippen molar-refractivity contribution < 1.29 is 4.79 Å². The van der Waals surface area contributed by atoms with Gasteiger partial charge in [0.2, 0.25) is 5.91 Å². The Morgan fingerprint density at radius 2 is 2.04 bits per heavy atom. The average Bonchev–Trinajstić information content (AvgIpc) is 3.31. The summed E-state index contributed by atoms with van der Waals surface area (Å²) < 4.78 is 1.96. The maximum atomic E-state index is 12.2. The monoisotopic (exact) mass is 400 g/mol. The third-order valence-electron chi connectivity index (χ3n) is 4.55. The standard InChI is InChI=1S/C20H24N4OS2/c1-4-14(2)15-7-9-16(10-8-15)21-19(25)13-27-20-23-22-18(24(20)3)12-17-6-5-11-26-17/h5-11,14H,4,12-13H2,1-3H3,(H,21,25)/t14-/m1/s1. The van der Waals surface area contributed by atoms with Crippen molar-refractivity contribution in [3.8, 4) is 0 Å². The first kappa shape index (κ1) is 19.6. The lowest BCUT2D eigenvalue weighted by Gasteiger charge is -2.10. The summed E-state index contributed by atoms with van der Waals surface area (Å²) in [4.78, 5) is 13.5. The van der Waals surface area contributed by atoms with E-state index in [0.29, 0.717) is 11.7 Å². The third-order valence-corrected chi connectivity index (χ3v) is 6.44. The van der Waals surface area contributed by atoms with Crippen molar-refractivity contribution in [2.24, 2.45) is 7.05 Å². The first-order valence-electron chi connectivity index (χ1n) is 9.00. The molecule has 0 unspecified atom stereocenters. The molecular weight excluding hydrogens is 376 g/mol. The molecule has 0 saturated heterocycles. The van der Waals surface area contributed by atoms with Crippen LogP contribution >= 0.6 is 23.1 Å². The molecule has 0 saturated carbocycles. The van der Waals surface area contributed by atoms with Gasteiger partial charge >= 0.3 is 0 Å². The summed E-state index contributed by atoms with van der Waals surface area (Å²) in [5.41, 5.74) is 2.12. The number of amides is 1. The van der Waals surface area contributed by atoms with Gasteiger partial charge in [0.25, 0.3) is 0 Å². The van der Waals surface area contributed by atoms with Crippen molar-refractivity contribution in [2.75, 3.05) is 11.1 Å². The van der Waals surface area contributed by atoms with E-state index in [4.69, 9.17) is 0 Å². The van der Waals surface area contributed by atoms with Crippen molar-refractivity contribution in [1.29, 1.82) is 0 Å². The topological polar surface area (TPSA) is 59.8 Å². The zero-order chi connectivity index (χ0) is 19.2. The Morgan fingerprint density at radius 3 is 2.70 bits per heavy atom. The van der Waals surface area contributed by atoms with Crippen LogP contribution in [0, 0.1) is 0 Å². The van der Waals surface area contributed by atoms with E-state index in [2.05, 4.69) is 52.9 Å². The third kappa shape index (κ3) is 5.20. The van der Waals surface area contributed by atoms with E-state index in [-0.39, 0.29) is 5.91 Å². The molecule has 27 heavy (non-hydrogen) atoms. The predicted octanol–water partition coefficient (Wildman–Crippen LogP) is 4.71. The van der Waals surface area contributed by atoms with Crippen LogP contribution in [0.15, 0.2) is 46.9 Å². The maximum Gasteiger partial charge on any atom is 0.234 e. The molecule has 0 aliphatic heterocycles. The Hall–Kier alpha value is -2.12. The van der Waals surface area contributed by atoms with Gasteiger partial charge < -0.3 is 9.88 Å². The molecule has 5 nitrogen and oxygen atoms in total. The van der Waals surface area contributed by atoms with Crippen molar-refractivity contribution in [1.82, 2.24) is 14.8 Å². The number of carbonyl (C=O) groups excluding carboxylic acids is 1. The van der Waals surface area contributed by atoms with Gasteiger partial charge in [0, 0.05) is 24.0 Å². The Balaban J connectivity index is 1.52. The summed E-state index contributed by atoms with van der Waals surface area (Å²) in [5.74, 6) is 1.70. The van der Waals surface area contributed by atoms with Gasteiger partial charge in [-0.3, -0.25) is 4.79 Å². The van der Waals surface area contributed by atoms with Gasteiger partial charge in [-0.25, -0.2) is 0 Å². The molecule has 1 N–H and O–H groups in total. The predicted molar refractivity (Wildman–Crippen MR) is 113 cm³/mol. The second kappa shape index (κ2) is 9.19. The van der Waals surface area contributed by atoms with Crippen LogP contribution in [0.2, 0.25) is 0 Å². The second-order valence-corrected chi connectivity index (χ2v) is 8.46. The van der Waals surface area contributed by atoms with Crippen molar-refractivity contribution in [2.45, 2.75) is 37.8 Å². The molecule has 0 aliphatic carbocycles. The van der Waals surface area contributed by atoms with Crippen molar-refractivity contribution >= 4 is 34.7 Å². The number of nitrogens with one attached hydrogen (secondary N) is 1. The van der Waals surface area contributed by atoms with Crippen LogP contribution in [0.3, 0.4) is 0 Å². The molecule has 2 heterocycles. The van der Waals surface area contributed by atoms with Gasteiger partial charge in [-0.15, -0.1) is 21.5 Å². The van der Waals surface area contributed by atoms with Crippen LogP contribution in [0.4, 0.5) is 5.69 Å². The maximum absolute atomic E-state index is 12.2. The number of anilines is 1. The van der Waals surface area contributed by atoms with E-state index < -0.39 is 0 Å². The number of carbonyl (C=O) groups is 1. The number of rotatable bonds is 8. The number of thiophene rings is 1. The van der Waals surface area contributed by atoms with Crippen LogP contribution in [-0.4, -0.2) is 26.4 Å². The Bertz CT molecular complexity index is 872. The summed E-state index contributed by atoms with van der Waals surface area (Å²) >= 11 is 3.11. The summed E-state index contributed by atoms with van der Waals surface area (Å²) in [6.07, 6.45) is 1.87. The minimum atomic E-state index is -0.0425. The highest BCUT2D eigenvalue weighted by Gasteiger charge is 2.12. The lowest BCUT2D eigenvalue weighted by atomic mass is 9.99. The molecule has 0 radical (unpaired) electrons. The molecule has 0 fully saturated rings. The fourth-order valence-corrected chi connectivity index (χ4v) is 4.08. The lowest BCUT2D eigenvalue weighted by molar-refractivity contribution is -0.113. The van der Waals surface area contributed by atoms with Crippen LogP contribution in [0.5, 0.6) is 0 Å². The zero-order valence-electron chi connectivity index (χ0n) is 15.8. The second-order valence-electron chi connectivity index (χ2n) is 6.48. The number of hydrogen-bond donors (Lipinski definition) is 1. The smallest absolute Gasteiger partial charge is 0.234 e. The van der Waals surface area contributed by atoms with Gasteiger partial charge in [0.1, 0.15) is 5.82 Å². The van der Waals surface area contributed by atoms with E-state index in [1.54, 1.807) is 11.3 Å². The molecule has 0 bridgehead atoms. The zero-order valence-corrected chi connectivity index (χ0v) is 17.4. The van der Waals surface area contributed by atoms with E-state index in [1.807, 2.05) is 29.8 Å².